The first-order valence-electron chi connectivity index (χ1n) is 5.78. The lowest BCUT2D eigenvalue weighted by molar-refractivity contribution is 0.196. The molecular formula is C13H21NO2. The smallest absolute Gasteiger partial charge is 0.122 e. The Morgan fingerprint density at radius 3 is 2.62 bits per heavy atom. The summed E-state index contributed by atoms with van der Waals surface area (Å²) in [5, 5.41) is 3.24. The monoisotopic (exact) mass is 223 g/mol. The van der Waals surface area contributed by atoms with Crippen molar-refractivity contribution in [2.24, 2.45) is 0 Å². The van der Waals surface area contributed by atoms with Crippen LogP contribution in [0.3, 0.4) is 0 Å². The maximum Gasteiger partial charge on any atom is 0.122 e. The number of aryl methyl sites for hydroxylation is 1. The summed E-state index contributed by atoms with van der Waals surface area (Å²) in [6, 6.07) is 8.18. The standard InChI is InChI=1S/C13H21NO2/c1-3-12-6-4-5-7-13(12)16-11-9-14-8-10-15-2/h4-7,14H,3,8-11H2,1-2H3. The summed E-state index contributed by atoms with van der Waals surface area (Å²) in [4.78, 5) is 0. The topological polar surface area (TPSA) is 30.5 Å². The van der Waals surface area contributed by atoms with Gasteiger partial charge in [-0.1, -0.05) is 25.1 Å². The zero-order valence-electron chi connectivity index (χ0n) is 10.2. The third-order valence-corrected chi connectivity index (χ3v) is 2.37. The number of methoxy groups -OCH3 is 1. The van der Waals surface area contributed by atoms with Crippen molar-refractivity contribution < 1.29 is 9.47 Å². The van der Waals surface area contributed by atoms with Crippen LogP contribution in [0.4, 0.5) is 0 Å². The van der Waals surface area contributed by atoms with Gasteiger partial charge >= 0.3 is 0 Å². The third kappa shape index (κ3) is 4.64. The summed E-state index contributed by atoms with van der Waals surface area (Å²) >= 11 is 0. The number of para-hydroxylation sites is 1. The molecule has 0 amide bonds. The van der Waals surface area contributed by atoms with Crippen LogP contribution in [-0.4, -0.2) is 33.4 Å². The Morgan fingerprint density at radius 2 is 1.88 bits per heavy atom. The van der Waals surface area contributed by atoms with E-state index in [0.717, 1.165) is 31.9 Å². The first-order chi connectivity index (χ1) is 7.88. The van der Waals surface area contributed by atoms with Crippen molar-refractivity contribution in [3.05, 3.63) is 29.8 Å². The highest BCUT2D eigenvalue weighted by atomic mass is 16.5. The molecule has 0 aliphatic heterocycles. The molecule has 1 N–H and O–H groups in total. The molecule has 1 rings (SSSR count). The predicted molar refractivity (Wildman–Crippen MR) is 66.1 cm³/mol. The molecule has 0 aromatic heterocycles. The molecule has 0 aliphatic rings. The Morgan fingerprint density at radius 1 is 1.12 bits per heavy atom. The highest BCUT2D eigenvalue weighted by Gasteiger charge is 1.99. The van der Waals surface area contributed by atoms with Gasteiger partial charge in [0.05, 0.1) is 6.61 Å². The van der Waals surface area contributed by atoms with Gasteiger partial charge in [-0.05, 0) is 18.1 Å². The van der Waals surface area contributed by atoms with Gasteiger partial charge in [0.2, 0.25) is 0 Å². The van der Waals surface area contributed by atoms with E-state index >= 15 is 0 Å². The van der Waals surface area contributed by atoms with Crippen LogP contribution in [-0.2, 0) is 11.2 Å². The lowest BCUT2D eigenvalue weighted by atomic mass is 10.1. The van der Waals surface area contributed by atoms with Crippen LogP contribution in [0.5, 0.6) is 5.75 Å². The fourth-order valence-corrected chi connectivity index (χ4v) is 1.47. The number of hydrogen-bond acceptors (Lipinski definition) is 3. The van der Waals surface area contributed by atoms with Gasteiger partial charge in [-0.15, -0.1) is 0 Å². The molecule has 0 aliphatic carbocycles. The molecule has 3 nitrogen and oxygen atoms in total. The van der Waals surface area contributed by atoms with Crippen molar-refractivity contribution in [2.75, 3.05) is 33.4 Å². The molecular weight excluding hydrogens is 202 g/mol. The van der Waals surface area contributed by atoms with E-state index in [1.54, 1.807) is 7.11 Å². The van der Waals surface area contributed by atoms with Crippen molar-refractivity contribution in [1.82, 2.24) is 5.32 Å². The van der Waals surface area contributed by atoms with E-state index in [-0.39, 0.29) is 0 Å². The van der Waals surface area contributed by atoms with Crippen LogP contribution < -0.4 is 10.1 Å². The summed E-state index contributed by atoms with van der Waals surface area (Å²) in [7, 11) is 1.70. The van der Waals surface area contributed by atoms with Crippen LogP contribution in [0, 0.1) is 0 Å². The van der Waals surface area contributed by atoms with E-state index in [0.29, 0.717) is 6.61 Å². The van der Waals surface area contributed by atoms with E-state index < -0.39 is 0 Å². The molecule has 0 saturated heterocycles. The van der Waals surface area contributed by atoms with Gasteiger partial charge in [0.1, 0.15) is 12.4 Å². The maximum absolute atomic E-state index is 5.70. The summed E-state index contributed by atoms with van der Waals surface area (Å²) < 4.78 is 10.6. The van der Waals surface area contributed by atoms with E-state index in [2.05, 4.69) is 18.3 Å². The minimum absolute atomic E-state index is 0.695. The molecule has 0 heterocycles. The van der Waals surface area contributed by atoms with Gasteiger partial charge in [-0.25, -0.2) is 0 Å². The summed E-state index contributed by atoms with van der Waals surface area (Å²) in [6.45, 7) is 5.29. The SMILES string of the molecule is CCc1ccccc1OCCNCCOC. The van der Waals surface area contributed by atoms with Crippen LogP contribution in [0.15, 0.2) is 24.3 Å². The Hall–Kier alpha value is -1.06. The molecule has 0 radical (unpaired) electrons. The molecule has 0 fully saturated rings. The molecule has 0 spiro atoms. The molecule has 0 bridgehead atoms. The second-order valence-corrected chi connectivity index (χ2v) is 3.55. The van der Waals surface area contributed by atoms with Crippen molar-refractivity contribution in [2.45, 2.75) is 13.3 Å². The van der Waals surface area contributed by atoms with Crippen molar-refractivity contribution in [1.29, 1.82) is 0 Å². The molecule has 0 atom stereocenters. The second-order valence-electron chi connectivity index (χ2n) is 3.55. The van der Waals surface area contributed by atoms with Gasteiger partial charge in [-0.3, -0.25) is 0 Å². The van der Waals surface area contributed by atoms with Gasteiger partial charge < -0.3 is 14.8 Å². The number of benzene rings is 1. The van der Waals surface area contributed by atoms with Crippen LogP contribution in [0.25, 0.3) is 0 Å². The summed E-state index contributed by atoms with van der Waals surface area (Å²) in [5.74, 6) is 0.999. The number of ether oxygens (including phenoxy) is 2. The molecule has 90 valence electrons. The number of hydrogen-bond donors (Lipinski definition) is 1. The molecule has 3 heteroatoms. The quantitative estimate of drug-likeness (QED) is 0.682. The zero-order valence-corrected chi connectivity index (χ0v) is 10.2. The molecule has 16 heavy (non-hydrogen) atoms. The van der Waals surface area contributed by atoms with Crippen LogP contribution in [0.1, 0.15) is 12.5 Å². The van der Waals surface area contributed by atoms with Gasteiger partial charge in [0.25, 0.3) is 0 Å². The Balaban J connectivity index is 2.21. The fraction of sp³-hybridized carbons (Fsp3) is 0.538. The Labute approximate surface area is 97.8 Å². The van der Waals surface area contributed by atoms with E-state index in [9.17, 15) is 0 Å². The molecule has 1 aromatic carbocycles. The van der Waals surface area contributed by atoms with Gasteiger partial charge in [-0.2, -0.15) is 0 Å². The lowest BCUT2D eigenvalue weighted by Gasteiger charge is -2.10. The lowest BCUT2D eigenvalue weighted by Crippen LogP contribution is -2.24. The van der Waals surface area contributed by atoms with Crippen molar-refractivity contribution in [3.8, 4) is 5.75 Å². The molecule has 0 unspecified atom stereocenters. The highest BCUT2D eigenvalue weighted by Crippen LogP contribution is 2.17. The van der Waals surface area contributed by atoms with Crippen LogP contribution >= 0.6 is 0 Å². The van der Waals surface area contributed by atoms with E-state index in [1.165, 1.54) is 5.56 Å². The average molecular weight is 223 g/mol. The number of nitrogens with one attached hydrogen (secondary N) is 1. The van der Waals surface area contributed by atoms with Gasteiger partial charge in [0, 0.05) is 20.2 Å². The largest absolute Gasteiger partial charge is 0.492 e. The van der Waals surface area contributed by atoms with E-state index in [4.69, 9.17) is 9.47 Å². The number of rotatable bonds is 8. The predicted octanol–water partition coefficient (Wildman–Crippen LogP) is 1.86. The van der Waals surface area contributed by atoms with Crippen molar-refractivity contribution in [3.63, 3.8) is 0 Å². The first-order valence-corrected chi connectivity index (χ1v) is 5.78. The summed E-state index contributed by atoms with van der Waals surface area (Å²) in [5.41, 5.74) is 1.26. The Bertz CT molecular complexity index is 289. The Kier molecular flexibility index (Phi) is 6.61. The minimum atomic E-state index is 0.695. The zero-order chi connectivity index (χ0) is 11.6. The fourth-order valence-electron chi connectivity index (χ4n) is 1.47. The minimum Gasteiger partial charge on any atom is -0.492 e. The van der Waals surface area contributed by atoms with Crippen molar-refractivity contribution >= 4 is 0 Å². The summed E-state index contributed by atoms with van der Waals surface area (Å²) in [6.07, 6.45) is 1.01. The third-order valence-electron chi connectivity index (χ3n) is 2.37. The van der Waals surface area contributed by atoms with E-state index in [1.807, 2.05) is 18.2 Å². The average Bonchev–Trinajstić information content (AvgIpc) is 2.34. The first kappa shape index (κ1) is 13.0. The second kappa shape index (κ2) is 8.13. The van der Waals surface area contributed by atoms with Crippen LogP contribution in [0.2, 0.25) is 0 Å². The maximum atomic E-state index is 5.70. The molecule has 1 aromatic rings. The molecule has 0 saturated carbocycles. The normalized spacial score (nSPS) is 10.4. The van der Waals surface area contributed by atoms with Gasteiger partial charge in [0.15, 0.2) is 0 Å². The highest BCUT2D eigenvalue weighted by molar-refractivity contribution is 5.33.